The SMILES string of the molecule is CCC1(CC)CN(Cc2ccncn2)C(C)CN1. The summed E-state index contributed by atoms with van der Waals surface area (Å²) in [6, 6.07) is 2.57. The minimum Gasteiger partial charge on any atom is -0.308 e. The van der Waals surface area contributed by atoms with Gasteiger partial charge >= 0.3 is 0 Å². The average Bonchev–Trinajstić information content (AvgIpc) is 2.43. The molecule has 1 saturated heterocycles. The summed E-state index contributed by atoms with van der Waals surface area (Å²) in [6.45, 7) is 9.92. The lowest BCUT2D eigenvalue weighted by Crippen LogP contribution is -2.62. The Kier molecular flexibility index (Phi) is 4.30. The summed E-state index contributed by atoms with van der Waals surface area (Å²) in [4.78, 5) is 10.8. The summed E-state index contributed by atoms with van der Waals surface area (Å²) in [5, 5.41) is 3.72. The Labute approximate surface area is 110 Å². The van der Waals surface area contributed by atoms with Gasteiger partial charge in [0.05, 0.1) is 5.69 Å². The van der Waals surface area contributed by atoms with Crippen molar-refractivity contribution >= 4 is 0 Å². The molecule has 1 aromatic rings. The summed E-state index contributed by atoms with van der Waals surface area (Å²) in [5.41, 5.74) is 1.39. The molecule has 4 nitrogen and oxygen atoms in total. The molecule has 1 aliphatic heterocycles. The number of nitrogens with one attached hydrogen (secondary N) is 1. The molecule has 1 atom stereocenters. The van der Waals surface area contributed by atoms with Crippen LogP contribution in [0.3, 0.4) is 0 Å². The number of aromatic nitrogens is 2. The van der Waals surface area contributed by atoms with Crippen LogP contribution in [-0.2, 0) is 6.54 Å². The minimum atomic E-state index is 0.277. The van der Waals surface area contributed by atoms with Crippen LogP contribution >= 0.6 is 0 Å². The second kappa shape index (κ2) is 5.76. The van der Waals surface area contributed by atoms with Crippen LogP contribution in [0, 0.1) is 0 Å². The van der Waals surface area contributed by atoms with E-state index in [1.807, 2.05) is 12.3 Å². The van der Waals surface area contributed by atoms with Crippen molar-refractivity contribution in [2.45, 2.75) is 51.7 Å². The van der Waals surface area contributed by atoms with Gasteiger partial charge in [0, 0.05) is 37.4 Å². The van der Waals surface area contributed by atoms with Crippen LogP contribution in [0.5, 0.6) is 0 Å². The maximum absolute atomic E-state index is 4.33. The molecule has 2 heterocycles. The molecule has 0 aliphatic carbocycles. The van der Waals surface area contributed by atoms with Gasteiger partial charge in [0.25, 0.3) is 0 Å². The zero-order chi connectivity index (χ0) is 13.0. The third-order valence-corrected chi connectivity index (χ3v) is 4.26. The highest BCUT2D eigenvalue weighted by molar-refractivity contribution is 5.02. The van der Waals surface area contributed by atoms with Gasteiger partial charge in [-0.15, -0.1) is 0 Å². The Balaban J connectivity index is 2.06. The van der Waals surface area contributed by atoms with E-state index in [4.69, 9.17) is 0 Å². The Morgan fingerprint density at radius 1 is 1.44 bits per heavy atom. The molecule has 18 heavy (non-hydrogen) atoms. The first-order valence-electron chi connectivity index (χ1n) is 6.93. The Morgan fingerprint density at radius 3 is 2.83 bits per heavy atom. The summed E-state index contributed by atoms with van der Waals surface area (Å²) in [5.74, 6) is 0. The topological polar surface area (TPSA) is 41.1 Å². The molecule has 0 saturated carbocycles. The highest BCUT2D eigenvalue weighted by Crippen LogP contribution is 2.23. The Bertz CT molecular complexity index is 361. The summed E-state index contributed by atoms with van der Waals surface area (Å²) in [7, 11) is 0. The molecular weight excluding hydrogens is 224 g/mol. The normalized spacial score (nSPS) is 24.1. The Morgan fingerprint density at radius 2 is 2.22 bits per heavy atom. The van der Waals surface area contributed by atoms with Gasteiger partial charge < -0.3 is 5.32 Å². The standard InChI is InChI=1S/C14H24N4/c1-4-14(5-2)10-18(12(3)8-17-14)9-13-6-7-15-11-16-13/h6-7,11-12,17H,4-5,8-10H2,1-3H3. The molecule has 1 aromatic heterocycles. The van der Waals surface area contributed by atoms with E-state index in [1.165, 1.54) is 12.8 Å². The molecule has 4 heteroatoms. The molecule has 2 rings (SSSR count). The number of hydrogen-bond acceptors (Lipinski definition) is 4. The fourth-order valence-electron chi connectivity index (χ4n) is 2.65. The number of nitrogens with zero attached hydrogens (tertiary/aromatic N) is 3. The van der Waals surface area contributed by atoms with Crippen molar-refractivity contribution in [2.75, 3.05) is 13.1 Å². The smallest absolute Gasteiger partial charge is 0.115 e. The maximum atomic E-state index is 4.33. The molecule has 1 unspecified atom stereocenters. The van der Waals surface area contributed by atoms with E-state index in [1.54, 1.807) is 6.33 Å². The second-order valence-corrected chi connectivity index (χ2v) is 5.32. The van der Waals surface area contributed by atoms with Gasteiger partial charge in [-0.1, -0.05) is 13.8 Å². The van der Waals surface area contributed by atoms with Crippen LogP contribution in [0.4, 0.5) is 0 Å². The third-order valence-electron chi connectivity index (χ3n) is 4.26. The highest BCUT2D eigenvalue weighted by Gasteiger charge is 2.34. The van der Waals surface area contributed by atoms with E-state index in [-0.39, 0.29) is 5.54 Å². The number of rotatable bonds is 4. The highest BCUT2D eigenvalue weighted by atomic mass is 15.3. The molecule has 0 bridgehead atoms. The quantitative estimate of drug-likeness (QED) is 0.882. The van der Waals surface area contributed by atoms with Gasteiger partial charge in [-0.2, -0.15) is 0 Å². The molecule has 0 spiro atoms. The lowest BCUT2D eigenvalue weighted by Gasteiger charge is -2.46. The zero-order valence-corrected chi connectivity index (χ0v) is 11.7. The molecule has 0 amide bonds. The van der Waals surface area contributed by atoms with Crippen LogP contribution in [0.15, 0.2) is 18.6 Å². The van der Waals surface area contributed by atoms with Crippen molar-refractivity contribution in [3.8, 4) is 0 Å². The third kappa shape index (κ3) is 2.87. The lowest BCUT2D eigenvalue weighted by molar-refractivity contribution is 0.0735. The van der Waals surface area contributed by atoms with E-state index >= 15 is 0 Å². The van der Waals surface area contributed by atoms with Crippen LogP contribution in [0.2, 0.25) is 0 Å². The summed E-state index contributed by atoms with van der Waals surface area (Å²) in [6.07, 6.45) is 5.81. The first-order chi connectivity index (χ1) is 8.69. The second-order valence-electron chi connectivity index (χ2n) is 5.32. The predicted octanol–water partition coefficient (Wildman–Crippen LogP) is 1.83. The maximum Gasteiger partial charge on any atom is 0.115 e. The lowest BCUT2D eigenvalue weighted by atomic mass is 9.88. The predicted molar refractivity (Wildman–Crippen MR) is 73.2 cm³/mol. The van der Waals surface area contributed by atoms with Gasteiger partial charge in [0.15, 0.2) is 0 Å². The molecule has 0 aromatic carbocycles. The van der Waals surface area contributed by atoms with Crippen LogP contribution < -0.4 is 5.32 Å². The fourth-order valence-corrected chi connectivity index (χ4v) is 2.65. The van der Waals surface area contributed by atoms with Crippen LogP contribution in [0.1, 0.15) is 39.3 Å². The average molecular weight is 248 g/mol. The fraction of sp³-hybridized carbons (Fsp3) is 0.714. The number of hydrogen-bond donors (Lipinski definition) is 1. The van der Waals surface area contributed by atoms with E-state index in [0.717, 1.165) is 25.3 Å². The van der Waals surface area contributed by atoms with E-state index in [0.29, 0.717) is 6.04 Å². The minimum absolute atomic E-state index is 0.277. The molecule has 1 fully saturated rings. The first kappa shape index (κ1) is 13.4. The largest absolute Gasteiger partial charge is 0.308 e. The van der Waals surface area contributed by atoms with Gasteiger partial charge in [-0.05, 0) is 25.8 Å². The van der Waals surface area contributed by atoms with Crippen molar-refractivity contribution in [1.29, 1.82) is 0 Å². The molecule has 1 N–H and O–H groups in total. The number of piperazine rings is 1. The van der Waals surface area contributed by atoms with E-state index in [9.17, 15) is 0 Å². The van der Waals surface area contributed by atoms with Crippen molar-refractivity contribution < 1.29 is 0 Å². The summed E-state index contributed by atoms with van der Waals surface area (Å²) < 4.78 is 0. The van der Waals surface area contributed by atoms with Crippen molar-refractivity contribution in [3.63, 3.8) is 0 Å². The van der Waals surface area contributed by atoms with Gasteiger partial charge in [0.2, 0.25) is 0 Å². The van der Waals surface area contributed by atoms with Crippen molar-refractivity contribution in [2.24, 2.45) is 0 Å². The van der Waals surface area contributed by atoms with E-state index in [2.05, 4.69) is 41.0 Å². The first-order valence-corrected chi connectivity index (χ1v) is 6.93. The zero-order valence-electron chi connectivity index (χ0n) is 11.7. The van der Waals surface area contributed by atoms with Crippen molar-refractivity contribution in [3.05, 3.63) is 24.3 Å². The summed E-state index contributed by atoms with van der Waals surface area (Å²) >= 11 is 0. The van der Waals surface area contributed by atoms with E-state index < -0.39 is 0 Å². The van der Waals surface area contributed by atoms with Crippen LogP contribution in [0.25, 0.3) is 0 Å². The molecule has 1 aliphatic rings. The molecule has 0 radical (unpaired) electrons. The van der Waals surface area contributed by atoms with Gasteiger partial charge in [-0.25, -0.2) is 9.97 Å². The molecular formula is C14H24N4. The molecule has 100 valence electrons. The van der Waals surface area contributed by atoms with Crippen molar-refractivity contribution in [1.82, 2.24) is 20.2 Å². The van der Waals surface area contributed by atoms with Crippen LogP contribution in [-0.4, -0.2) is 39.5 Å². The monoisotopic (exact) mass is 248 g/mol. The van der Waals surface area contributed by atoms with Gasteiger partial charge in [0.1, 0.15) is 6.33 Å². The Hall–Kier alpha value is -1.00. The van der Waals surface area contributed by atoms with Gasteiger partial charge in [-0.3, -0.25) is 4.90 Å².